The SMILES string of the molecule is CCCN(CC(=O)N1CCn2cccc2C1c1ccccc1OC)C(=O)C(C)(C)CCl. The fourth-order valence-corrected chi connectivity index (χ4v) is 4.25. The molecular formula is C24H32ClN3O3. The molecule has 7 heteroatoms. The summed E-state index contributed by atoms with van der Waals surface area (Å²) in [6, 6.07) is 11.6. The Morgan fingerprint density at radius 3 is 2.61 bits per heavy atom. The maximum atomic E-state index is 13.6. The van der Waals surface area contributed by atoms with Crippen LogP contribution in [0.3, 0.4) is 0 Å². The predicted molar refractivity (Wildman–Crippen MR) is 122 cm³/mol. The number of hydrogen-bond donors (Lipinski definition) is 0. The molecule has 31 heavy (non-hydrogen) atoms. The molecule has 1 aromatic heterocycles. The fraction of sp³-hybridized carbons (Fsp3) is 0.500. The number of alkyl halides is 1. The minimum absolute atomic E-state index is 0.0410. The van der Waals surface area contributed by atoms with Gasteiger partial charge < -0.3 is 19.1 Å². The van der Waals surface area contributed by atoms with Gasteiger partial charge in [-0.1, -0.05) is 25.1 Å². The Morgan fingerprint density at radius 2 is 1.94 bits per heavy atom. The van der Waals surface area contributed by atoms with Gasteiger partial charge in [0.05, 0.1) is 19.1 Å². The summed E-state index contributed by atoms with van der Waals surface area (Å²) < 4.78 is 7.78. The minimum atomic E-state index is -0.713. The highest BCUT2D eigenvalue weighted by molar-refractivity contribution is 6.19. The van der Waals surface area contributed by atoms with E-state index < -0.39 is 5.41 Å². The molecule has 2 aromatic rings. The fourth-order valence-electron chi connectivity index (χ4n) is 4.13. The number of amides is 2. The third kappa shape index (κ3) is 4.74. The maximum absolute atomic E-state index is 13.6. The van der Waals surface area contributed by atoms with Crippen molar-refractivity contribution in [3.05, 3.63) is 53.9 Å². The second-order valence-electron chi connectivity index (χ2n) is 8.60. The molecule has 0 bridgehead atoms. The normalized spacial score (nSPS) is 16.0. The molecule has 0 saturated carbocycles. The first-order valence-electron chi connectivity index (χ1n) is 10.8. The lowest BCUT2D eigenvalue weighted by atomic mass is 9.94. The molecule has 2 heterocycles. The second kappa shape index (κ2) is 9.77. The number of fused-ring (bicyclic) bond motifs is 1. The number of aromatic nitrogens is 1. The van der Waals surface area contributed by atoms with Crippen LogP contribution in [0.4, 0.5) is 0 Å². The lowest BCUT2D eigenvalue weighted by Gasteiger charge is -2.39. The number of rotatable bonds is 8. The Hall–Kier alpha value is -2.47. The Kier molecular flexibility index (Phi) is 7.31. The molecule has 2 amide bonds. The summed E-state index contributed by atoms with van der Waals surface area (Å²) in [7, 11) is 1.64. The van der Waals surface area contributed by atoms with Crippen molar-refractivity contribution in [1.82, 2.24) is 14.4 Å². The van der Waals surface area contributed by atoms with E-state index in [0.717, 1.165) is 23.4 Å². The zero-order valence-corrected chi connectivity index (χ0v) is 19.6. The molecule has 168 valence electrons. The van der Waals surface area contributed by atoms with E-state index in [0.29, 0.717) is 19.6 Å². The van der Waals surface area contributed by atoms with Crippen LogP contribution >= 0.6 is 11.6 Å². The molecule has 1 unspecified atom stereocenters. The van der Waals surface area contributed by atoms with Gasteiger partial charge in [0.1, 0.15) is 11.8 Å². The zero-order valence-electron chi connectivity index (χ0n) is 18.8. The van der Waals surface area contributed by atoms with Crippen LogP contribution in [0, 0.1) is 5.41 Å². The summed E-state index contributed by atoms with van der Waals surface area (Å²) in [5, 5.41) is 0. The molecule has 0 fully saturated rings. The molecule has 0 N–H and O–H groups in total. The molecule has 6 nitrogen and oxygen atoms in total. The summed E-state index contributed by atoms with van der Waals surface area (Å²) in [6.07, 6.45) is 2.81. The number of para-hydroxylation sites is 1. The van der Waals surface area contributed by atoms with Gasteiger partial charge >= 0.3 is 0 Å². The molecule has 1 aliphatic heterocycles. The van der Waals surface area contributed by atoms with Crippen LogP contribution in [0.2, 0.25) is 0 Å². The standard InChI is InChI=1S/C24H32ClN3O3/c1-5-12-27(23(30)24(2,3)17-25)16-21(29)28-15-14-26-13-8-10-19(26)22(28)18-9-6-7-11-20(18)31-4/h6-11,13,22H,5,12,14-17H2,1-4H3. The summed E-state index contributed by atoms with van der Waals surface area (Å²) in [6.45, 7) is 7.49. The maximum Gasteiger partial charge on any atom is 0.243 e. The topological polar surface area (TPSA) is 54.8 Å². The number of hydrogen-bond acceptors (Lipinski definition) is 3. The lowest BCUT2D eigenvalue weighted by Crippen LogP contribution is -2.50. The first-order chi connectivity index (χ1) is 14.8. The van der Waals surface area contributed by atoms with E-state index in [9.17, 15) is 9.59 Å². The molecule has 1 atom stereocenters. The van der Waals surface area contributed by atoms with Crippen molar-refractivity contribution < 1.29 is 14.3 Å². The number of methoxy groups -OCH3 is 1. The number of carbonyl (C=O) groups is 2. The van der Waals surface area contributed by atoms with Crippen LogP contribution in [-0.4, -0.2) is 58.8 Å². The highest BCUT2D eigenvalue weighted by atomic mass is 35.5. The molecule has 3 rings (SSSR count). The Morgan fingerprint density at radius 1 is 1.19 bits per heavy atom. The van der Waals surface area contributed by atoms with Crippen molar-refractivity contribution in [2.75, 3.05) is 32.6 Å². The van der Waals surface area contributed by atoms with E-state index in [-0.39, 0.29) is 30.3 Å². The second-order valence-corrected chi connectivity index (χ2v) is 8.87. The monoisotopic (exact) mass is 445 g/mol. The van der Waals surface area contributed by atoms with Gasteiger partial charge in [-0.15, -0.1) is 11.6 Å². The number of halogens is 1. The van der Waals surface area contributed by atoms with Crippen molar-refractivity contribution in [2.24, 2.45) is 5.41 Å². The molecule has 0 spiro atoms. The van der Waals surface area contributed by atoms with Crippen molar-refractivity contribution >= 4 is 23.4 Å². The van der Waals surface area contributed by atoms with Gasteiger partial charge in [-0.05, 0) is 38.5 Å². The molecule has 0 aliphatic carbocycles. The number of benzene rings is 1. The lowest BCUT2D eigenvalue weighted by molar-refractivity contribution is -0.146. The molecular weight excluding hydrogens is 414 g/mol. The Bertz CT molecular complexity index is 924. The third-order valence-electron chi connectivity index (χ3n) is 5.81. The number of carbonyl (C=O) groups excluding carboxylic acids is 2. The summed E-state index contributed by atoms with van der Waals surface area (Å²) >= 11 is 6.04. The Balaban J connectivity index is 1.94. The van der Waals surface area contributed by atoms with E-state index in [1.54, 1.807) is 12.0 Å². The average molecular weight is 446 g/mol. The third-order valence-corrected chi connectivity index (χ3v) is 6.48. The quantitative estimate of drug-likeness (QED) is 0.578. The predicted octanol–water partition coefficient (Wildman–Crippen LogP) is 3.93. The van der Waals surface area contributed by atoms with Crippen LogP contribution in [0.1, 0.15) is 44.5 Å². The number of ether oxygens (including phenoxy) is 1. The largest absolute Gasteiger partial charge is 0.496 e. The van der Waals surface area contributed by atoms with E-state index in [2.05, 4.69) is 4.57 Å². The summed E-state index contributed by atoms with van der Waals surface area (Å²) in [4.78, 5) is 30.1. The smallest absolute Gasteiger partial charge is 0.243 e. The average Bonchev–Trinajstić information content (AvgIpc) is 3.26. The van der Waals surface area contributed by atoms with Gasteiger partial charge in [0.25, 0.3) is 0 Å². The first kappa shape index (κ1) is 23.2. The van der Waals surface area contributed by atoms with Crippen LogP contribution in [0.25, 0.3) is 0 Å². The van der Waals surface area contributed by atoms with E-state index >= 15 is 0 Å². The van der Waals surface area contributed by atoms with E-state index in [1.807, 2.05) is 68.3 Å². The van der Waals surface area contributed by atoms with Crippen molar-refractivity contribution in [2.45, 2.75) is 39.8 Å². The molecule has 1 aromatic carbocycles. The molecule has 1 aliphatic rings. The van der Waals surface area contributed by atoms with Gasteiger partial charge in [-0.3, -0.25) is 9.59 Å². The summed E-state index contributed by atoms with van der Waals surface area (Å²) in [5.74, 6) is 0.786. The molecule has 0 saturated heterocycles. The highest BCUT2D eigenvalue weighted by Crippen LogP contribution is 2.37. The van der Waals surface area contributed by atoms with Gasteiger partial charge in [-0.25, -0.2) is 0 Å². The van der Waals surface area contributed by atoms with Crippen LogP contribution in [0.5, 0.6) is 5.75 Å². The van der Waals surface area contributed by atoms with Gasteiger partial charge in [0, 0.05) is 43.0 Å². The van der Waals surface area contributed by atoms with Crippen molar-refractivity contribution in [1.29, 1.82) is 0 Å². The van der Waals surface area contributed by atoms with Gasteiger partial charge in [-0.2, -0.15) is 0 Å². The van der Waals surface area contributed by atoms with Gasteiger partial charge in [0.15, 0.2) is 0 Å². The zero-order chi connectivity index (χ0) is 22.6. The van der Waals surface area contributed by atoms with E-state index in [4.69, 9.17) is 16.3 Å². The van der Waals surface area contributed by atoms with Crippen molar-refractivity contribution in [3.63, 3.8) is 0 Å². The highest BCUT2D eigenvalue weighted by Gasteiger charge is 2.37. The van der Waals surface area contributed by atoms with Crippen LogP contribution in [0.15, 0.2) is 42.6 Å². The van der Waals surface area contributed by atoms with E-state index in [1.165, 1.54) is 0 Å². The molecule has 0 radical (unpaired) electrons. The van der Waals surface area contributed by atoms with Gasteiger partial charge in [0.2, 0.25) is 11.8 Å². The first-order valence-corrected chi connectivity index (χ1v) is 11.3. The van der Waals surface area contributed by atoms with Crippen LogP contribution in [-0.2, 0) is 16.1 Å². The van der Waals surface area contributed by atoms with Crippen LogP contribution < -0.4 is 4.74 Å². The summed E-state index contributed by atoms with van der Waals surface area (Å²) in [5.41, 5.74) is 1.27. The van der Waals surface area contributed by atoms with Crippen molar-refractivity contribution in [3.8, 4) is 5.75 Å². The Labute approximate surface area is 189 Å². The minimum Gasteiger partial charge on any atom is -0.496 e. The number of nitrogens with zero attached hydrogens (tertiary/aromatic N) is 3.